The third kappa shape index (κ3) is 4.95. The normalized spacial score (nSPS) is 17.8. The van der Waals surface area contributed by atoms with Crippen molar-refractivity contribution in [3.63, 3.8) is 0 Å². The average Bonchev–Trinajstić information content (AvgIpc) is 3.27. The van der Waals surface area contributed by atoms with Gasteiger partial charge in [0, 0.05) is 22.3 Å². The fraction of sp³-hybridized carbons (Fsp3) is 0.303. The predicted octanol–water partition coefficient (Wildman–Crippen LogP) is 7.61. The maximum Gasteiger partial charge on any atom is 0.416 e. The average molecular weight is 629 g/mol. The summed E-state index contributed by atoms with van der Waals surface area (Å²) in [5, 5.41) is 0.368. The van der Waals surface area contributed by atoms with Crippen molar-refractivity contribution in [2.45, 2.75) is 55.2 Å². The number of aromatic nitrogens is 1. The van der Waals surface area contributed by atoms with Gasteiger partial charge in [-0.05, 0) is 61.7 Å². The van der Waals surface area contributed by atoms with Gasteiger partial charge in [-0.2, -0.15) is 13.2 Å². The predicted molar refractivity (Wildman–Crippen MR) is 158 cm³/mol. The van der Waals surface area contributed by atoms with Gasteiger partial charge in [-0.25, -0.2) is 8.78 Å². The minimum absolute atomic E-state index is 0.0633. The van der Waals surface area contributed by atoms with Gasteiger partial charge in [0.25, 0.3) is 5.56 Å². The number of ether oxygens (including phenoxy) is 2. The Morgan fingerprint density at radius 3 is 2.41 bits per heavy atom. The molecule has 0 spiro atoms. The molecule has 0 aliphatic carbocycles. The second kappa shape index (κ2) is 11.0. The van der Waals surface area contributed by atoms with E-state index in [4.69, 9.17) is 15.2 Å². The molecule has 44 heavy (non-hydrogen) atoms. The van der Waals surface area contributed by atoms with Gasteiger partial charge in [0.2, 0.25) is 0 Å². The first-order valence-corrected chi connectivity index (χ1v) is 14.8. The summed E-state index contributed by atoms with van der Waals surface area (Å²) in [6.07, 6.45) is -5.31. The largest absolute Gasteiger partial charge is 0.486 e. The molecule has 230 valence electrons. The standard InChI is InChI=1S/C33H29F5N2O3S/c1-17-20(16-21-22(33(36,37)38)10-7-11-23(21)34)31-40(29(32(2,3)44-31)27(39)18-8-5-4-6-9-18)30(41)25(17)19-12-13-24-28(26(19)35)43-15-14-42-24/h4-13,27,29H,14-16,39H2,1-3H3/t27?,29-/m1/s1. The first kappa shape index (κ1) is 30.2. The number of thioether (sulfide) groups is 1. The smallest absolute Gasteiger partial charge is 0.416 e. The quantitative estimate of drug-likeness (QED) is 0.231. The maximum atomic E-state index is 16.1. The fourth-order valence-corrected chi connectivity index (χ4v) is 7.76. The van der Waals surface area contributed by atoms with Crippen LogP contribution in [0.1, 0.15) is 53.7 Å². The van der Waals surface area contributed by atoms with E-state index < -0.39 is 57.7 Å². The minimum Gasteiger partial charge on any atom is -0.486 e. The summed E-state index contributed by atoms with van der Waals surface area (Å²) >= 11 is 1.29. The molecule has 5 nitrogen and oxygen atoms in total. The Morgan fingerprint density at radius 1 is 1.00 bits per heavy atom. The zero-order valence-electron chi connectivity index (χ0n) is 24.1. The first-order valence-electron chi connectivity index (χ1n) is 14.0. The van der Waals surface area contributed by atoms with Crippen LogP contribution in [0.15, 0.2) is 70.5 Å². The van der Waals surface area contributed by atoms with E-state index in [2.05, 4.69) is 0 Å². The number of alkyl halides is 3. The summed E-state index contributed by atoms with van der Waals surface area (Å²) in [6.45, 7) is 5.67. The number of hydrogen-bond donors (Lipinski definition) is 1. The van der Waals surface area contributed by atoms with E-state index in [1.807, 2.05) is 44.2 Å². The van der Waals surface area contributed by atoms with E-state index in [1.54, 1.807) is 6.92 Å². The number of rotatable bonds is 5. The zero-order valence-corrected chi connectivity index (χ0v) is 24.9. The first-order chi connectivity index (χ1) is 20.8. The highest BCUT2D eigenvalue weighted by atomic mass is 32.2. The molecule has 1 unspecified atom stereocenters. The summed E-state index contributed by atoms with van der Waals surface area (Å²) in [4.78, 5) is 14.5. The number of fused-ring (bicyclic) bond motifs is 2. The van der Waals surface area contributed by atoms with Crippen molar-refractivity contribution in [1.29, 1.82) is 0 Å². The number of hydrogen-bond acceptors (Lipinski definition) is 5. The van der Waals surface area contributed by atoms with Crippen molar-refractivity contribution < 1.29 is 31.4 Å². The lowest BCUT2D eigenvalue weighted by Gasteiger charge is -2.32. The highest BCUT2D eigenvalue weighted by Gasteiger charge is 2.47. The lowest BCUT2D eigenvalue weighted by molar-refractivity contribution is -0.138. The molecule has 0 saturated carbocycles. The zero-order chi connectivity index (χ0) is 31.6. The topological polar surface area (TPSA) is 66.5 Å². The lowest BCUT2D eigenvalue weighted by Crippen LogP contribution is -2.39. The molecule has 4 aromatic rings. The van der Waals surface area contributed by atoms with Crippen LogP contribution in [-0.2, 0) is 12.6 Å². The van der Waals surface area contributed by atoms with Gasteiger partial charge in [0.05, 0.1) is 28.2 Å². The van der Waals surface area contributed by atoms with Gasteiger partial charge in [-0.15, -0.1) is 0 Å². The summed E-state index contributed by atoms with van der Waals surface area (Å²) in [6, 6.07) is 13.5. The molecule has 0 radical (unpaired) electrons. The molecule has 6 rings (SSSR count). The molecule has 2 aliphatic rings. The molecule has 0 bridgehead atoms. The Bertz CT molecular complexity index is 1820. The van der Waals surface area contributed by atoms with Crippen molar-refractivity contribution in [1.82, 2.24) is 4.57 Å². The summed E-state index contributed by atoms with van der Waals surface area (Å²) in [5.41, 5.74) is 5.69. The molecule has 0 amide bonds. The number of pyridine rings is 1. The Hall–Kier alpha value is -3.83. The molecule has 0 saturated heterocycles. The van der Waals surface area contributed by atoms with Gasteiger partial charge in [0.15, 0.2) is 17.3 Å². The van der Waals surface area contributed by atoms with Gasteiger partial charge >= 0.3 is 6.18 Å². The summed E-state index contributed by atoms with van der Waals surface area (Å²) < 4.78 is 85.3. The van der Waals surface area contributed by atoms with Crippen LogP contribution >= 0.6 is 11.8 Å². The van der Waals surface area contributed by atoms with Crippen LogP contribution in [0.3, 0.4) is 0 Å². The lowest BCUT2D eigenvalue weighted by atomic mass is 9.88. The van der Waals surface area contributed by atoms with Crippen molar-refractivity contribution in [3.8, 4) is 22.6 Å². The van der Waals surface area contributed by atoms with Crippen LogP contribution in [0.2, 0.25) is 0 Å². The second-order valence-electron chi connectivity index (χ2n) is 11.4. The van der Waals surface area contributed by atoms with Gasteiger partial charge in [-0.3, -0.25) is 9.36 Å². The van der Waals surface area contributed by atoms with E-state index in [-0.39, 0.29) is 47.0 Å². The van der Waals surface area contributed by atoms with E-state index in [9.17, 15) is 18.0 Å². The molecule has 2 aliphatic heterocycles. The summed E-state index contributed by atoms with van der Waals surface area (Å²) in [7, 11) is 0. The van der Waals surface area contributed by atoms with Crippen molar-refractivity contribution >= 4 is 11.8 Å². The SMILES string of the molecule is Cc1c(Cc2c(F)cccc2C(F)(F)F)c2n(c(=O)c1-c1ccc3c(c1F)OCCO3)[C@H](C(N)c1ccccc1)C(C)(C)S2. The summed E-state index contributed by atoms with van der Waals surface area (Å²) in [5.74, 6) is -1.83. The van der Waals surface area contributed by atoms with Gasteiger partial charge in [0.1, 0.15) is 19.0 Å². The van der Waals surface area contributed by atoms with Crippen LogP contribution < -0.4 is 20.8 Å². The molecular weight excluding hydrogens is 599 g/mol. The molecular formula is C33H29F5N2O3S. The Balaban J connectivity index is 1.65. The number of halogens is 5. The second-order valence-corrected chi connectivity index (χ2v) is 13.1. The van der Waals surface area contributed by atoms with Crippen LogP contribution in [0.5, 0.6) is 11.5 Å². The minimum atomic E-state index is -4.82. The number of nitrogens with two attached hydrogens (primary N) is 1. The van der Waals surface area contributed by atoms with Crippen LogP contribution in [0.4, 0.5) is 22.0 Å². The van der Waals surface area contributed by atoms with Crippen molar-refractivity contribution in [3.05, 3.63) is 110 Å². The highest BCUT2D eigenvalue weighted by Crippen LogP contribution is 2.54. The molecule has 2 atom stereocenters. The third-order valence-electron chi connectivity index (χ3n) is 8.31. The Labute approximate surface area is 254 Å². The van der Waals surface area contributed by atoms with E-state index >= 15 is 8.78 Å². The Kier molecular flexibility index (Phi) is 7.52. The van der Waals surface area contributed by atoms with Gasteiger partial charge < -0.3 is 15.2 Å². The van der Waals surface area contributed by atoms with Crippen LogP contribution in [-0.4, -0.2) is 22.5 Å². The van der Waals surface area contributed by atoms with E-state index in [0.29, 0.717) is 5.03 Å². The van der Waals surface area contributed by atoms with Gasteiger partial charge in [-0.1, -0.05) is 48.2 Å². The van der Waals surface area contributed by atoms with Crippen LogP contribution in [0, 0.1) is 18.6 Å². The van der Waals surface area contributed by atoms with Crippen molar-refractivity contribution in [2.75, 3.05) is 13.2 Å². The molecule has 2 N–H and O–H groups in total. The molecule has 11 heteroatoms. The number of benzene rings is 3. The van der Waals surface area contributed by atoms with Crippen molar-refractivity contribution in [2.24, 2.45) is 5.73 Å². The molecule has 0 fully saturated rings. The fourth-order valence-electron chi connectivity index (χ4n) is 6.25. The van der Waals surface area contributed by atoms with E-state index in [0.717, 1.165) is 23.8 Å². The highest BCUT2D eigenvalue weighted by molar-refractivity contribution is 8.00. The van der Waals surface area contributed by atoms with Crippen LogP contribution in [0.25, 0.3) is 11.1 Å². The molecule has 3 aromatic carbocycles. The third-order valence-corrected chi connectivity index (χ3v) is 9.71. The monoisotopic (exact) mass is 628 g/mol. The number of nitrogens with zero attached hydrogens (tertiary/aromatic N) is 1. The molecule has 1 aromatic heterocycles. The maximum absolute atomic E-state index is 16.1. The molecule has 3 heterocycles. The van der Waals surface area contributed by atoms with E-state index in [1.165, 1.54) is 28.5 Å². The Morgan fingerprint density at radius 2 is 1.70 bits per heavy atom.